The number of urea groups is 1. The number of nitrogens with two attached hydrogens (primary N) is 1. The van der Waals surface area contributed by atoms with Gasteiger partial charge in [0, 0.05) is 23.3 Å². The summed E-state index contributed by atoms with van der Waals surface area (Å²) in [6.45, 7) is 0. The van der Waals surface area contributed by atoms with Crippen LogP contribution in [0.4, 0.5) is 10.5 Å². The van der Waals surface area contributed by atoms with Gasteiger partial charge in [0.2, 0.25) is 0 Å². The highest BCUT2D eigenvalue weighted by Gasteiger charge is 2.11. The Morgan fingerprint density at radius 2 is 1.68 bits per heavy atom. The monoisotopic (exact) mass is 339 g/mol. The predicted molar refractivity (Wildman–Crippen MR) is 94.6 cm³/mol. The van der Waals surface area contributed by atoms with Crippen LogP contribution in [0.25, 0.3) is 10.9 Å². The van der Waals surface area contributed by atoms with E-state index in [1.54, 1.807) is 56.8 Å². The van der Waals surface area contributed by atoms with Crippen LogP contribution >= 0.6 is 0 Å². The van der Waals surface area contributed by atoms with Crippen LogP contribution in [0.1, 0.15) is 0 Å². The van der Waals surface area contributed by atoms with Crippen molar-refractivity contribution in [3.8, 4) is 23.0 Å². The lowest BCUT2D eigenvalue weighted by atomic mass is 10.2. The van der Waals surface area contributed by atoms with Crippen LogP contribution in [0, 0.1) is 0 Å². The molecular formula is C18H17N3O4. The molecule has 128 valence electrons. The number of hydrogen-bond acceptors (Lipinski definition) is 5. The van der Waals surface area contributed by atoms with Crippen molar-refractivity contribution in [2.45, 2.75) is 0 Å². The summed E-state index contributed by atoms with van der Waals surface area (Å²) in [6.07, 6.45) is 1.66. The van der Waals surface area contributed by atoms with E-state index in [1.165, 1.54) is 0 Å². The van der Waals surface area contributed by atoms with E-state index >= 15 is 0 Å². The zero-order chi connectivity index (χ0) is 17.8. The lowest BCUT2D eigenvalue weighted by molar-refractivity contribution is 0.259. The average molecular weight is 339 g/mol. The van der Waals surface area contributed by atoms with Crippen LogP contribution in [0.3, 0.4) is 0 Å². The van der Waals surface area contributed by atoms with Gasteiger partial charge in [0.1, 0.15) is 11.5 Å². The summed E-state index contributed by atoms with van der Waals surface area (Å²) in [7, 11) is 3.15. The molecule has 0 fully saturated rings. The van der Waals surface area contributed by atoms with Crippen molar-refractivity contribution in [3.63, 3.8) is 0 Å². The molecule has 0 saturated heterocycles. The minimum atomic E-state index is -0.616. The standard InChI is InChI=1S/C18H17N3O4/c1-23-16-9-13-14(10-17(16)24-2)20-8-7-15(13)25-12-5-3-11(4-6-12)21-18(19)22/h3-10H,1-2H3,(H3,19,21,22). The molecule has 1 heterocycles. The number of rotatable bonds is 5. The molecule has 0 aliphatic heterocycles. The third kappa shape index (κ3) is 3.55. The number of fused-ring (bicyclic) bond motifs is 1. The Bertz CT molecular complexity index is 910. The Morgan fingerprint density at radius 3 is 2.32 bits per heavy atom. The number of benzene rings is 2. The van der Waals surface area contributed by atoms with Crippen LogP contribution in [0.5, 0.6) is 23.0 Å². The first-order valence-electron chi connectivity index (χ1n) is 7.46. The second-order valence-electron chi connectivity index (χ2n) is 5.15. The predicted octanol–water partition coefficient (Wildman–Crippen LogP) is 3.53. The summed E-state index contributed by atoms with van der Waals surface area (Å²) in [5.74, 6) is 2.43. The normalized spacial score (nSPS) is 10.3. The molecule has 0 aliphatic carbocycles. The number of pyridine rings is 1. The number of aromatic nitrogens is 1. The van der Waals surface area contributed by atoms with E-state index in [-0.39, 0.29) is 0 Å². The summed E-state index contributed by atoms with van der Waals surface area (Å²) < 4.78 is 16.6. The SMILES string of the molecule is COc1cc2nccc(Oc3ccc(NC(N)=O)cc3)c2cc1OC. The van der Waals surface area contributed by atoms with Gasteiger partial charge in [0.05, 0.1) is 19.7 Å². The third-order valence-electron chi connectivity index (χ3n) is 3.56. The van der Waals surface area contributed by atoms with Gasteiger partial charge in [-0.2, -0.15) is 0 Å². The highest BCUT2D eigenvalue weighted by Crippen LogP contribution is 2.36. The van der Waals surface area contributed by atoms with E-state index in [2.05, 4.69) is 10.3 Å². The van der Waals surface area contributed by atoms with Crippen LogP contribution in [-0.2, 0) is 0 Å². The molecule has 7 nitrogen and oxygen atoms in total. The fourth-order valence-corrected chi connectivity index (χ4v) is 2.41. The van der Waals surface area contributed by atoms with Crippen LogP contribution < -0.4 is 25.3 Å². The summed E-state index contributed by atoms with van der Waals surface area (Å²) >= 11 is 0. The minimum absolute atomic E-state index is 0.589. The Labute approximate surface area is 144 Å². The van der Waals surface area contributed by atoms with Gasteiger partial charge in [-0.3, -0.25) is 4.98 Å². The molecule has 25 heavy (non-hydrogen) atoms. The summed E-state index contributed by atoms with van der Waals surface area (Å²) in [5.41, 5.74) is 6.40. The number of hydrogen-bond donors (Lipinski definition) is 2. The molecule has 0 radical (unpaired) electrons. The minimum Gasteiger partial charge on any atom is -0.493 e. The molecule has 3 N–H and O–H groups in total. The van der Waals surface area contributed by atoms with Crippen LogP contribution in [0.2, 0.25) is 0 Å². The van der Waals surface area contributed by atoms with Crippen molar-refractivity contribution in [1.29, 1.82) is 0 Å². The van der Waals surface area contributed by atoms with Crippen molar-refractivity contribution < 1.29 is 19.0 Å². The van der Waals surface area contributed by atoms with Gasteiger partial charge < -0.3 is 25.3 Å². The number of nitrogens with one attached hydrogen (secondary N) is 1. The molecule has 2 amide bonds. The maximum atomic E-state index is 10.9. The zero-order valence-corrected chi connectivity index (χ0v) is 13.8. The van der Waals surface area contributed by atoms with Gasteiger partial charge in [-0.05, 0) is 36.4 Å². The number of primary amides is 1. The highest BCUT2D eigenvalue weighted by molar-refractivity contribution is 5.89. The van der Waals surface area contributed by atoms with Crippen molar-refractivity contribution in [2.24, 2.45) is 5.73 Å². The summed E-state index contributed by atoms with van der Waals surface area (Å²) in [5, 5.41) is 3.29. The van der Waals surface area contributed by atoms with Crippen molar-refractivity contribution >= 4 is 22.6 Å². The fourth-order valence-electron chi connectivity index (χ4n) is 2.41. The molecule has 0 saturated carbocycles. The number of nitrogens with zero attached hydrogens (tertiary/aromatic N) is 1. The van der Waals surface area contributed by atoms with E-state index in [0.29, 0.717) is 28.7 Å². The molecule has 0 aliphatic rings. The smallest absolute Gasteiger partial charge is 0.316 e. The largest absolute Gasteiger partial charge is 0.493 e. The number of amides is 2. The Hall–Kier alpha value is -3.48. The van der Waals surface area contributed by atoms with Gasteiger partial charge in [-0.25, -0.2) is 4.79 Å². The maximum Gasteiger partial charge on any atom is 0.316 e. The van der Waals surface area contributed by atoms with Crippen LogP contribution in [-0.4, -0.2) is 25.2 Å². The first-order valence-corrected chi connectivity index (χ1v) is 7.46. The topological polar surface area (TPSA) is 95.7 Å². The maximum absolute atomic E-state index is 10.9. The van der Waals surface area contributed by atoms with E-state index in [0.717, 1.165) is 10.9 Å². The first kappa shape index (κ1) is 16.4. The molecule has 0 spiro atoms. The quantitative estimate of drug-likeness (QED) is 0.741. The second kappa shape index (κ2) is 6.96. The highest BCUT2D eigenvalue weighted by atomic mass is 16.5. The molecule has 0 atom stereocenters. The summed E-state index contributed by atoms with van der Waals surface area (Å²) in [4.78, 5) is 15.2. The van der Waals surface area contributed by atoms with Gasteiger partial charge in [-0.1, -0.05) is 0 Å². The lowest BCUT2D eigenvalue weighted by Crippen LogP contribution is -2.19. The van der Waals surface area contributed by atoms with Crippen LogP contribution in [0.15, 0.2) is 48.7 Å². The average Bonchev–Trinajstić information content (AvgIpc) is 2.62. The zero-order valence-electron chi connectivity index (χ0n) is 13.8. The second-order valence-corrected chi connectivity index (χ2v) is 5.15. The van der Waals surface area contributed by atoms with Crippen molar-refractivity contribution in [3.05, 3.63) is 48.7 Å². The fraction of sp³-hybridized carbons (Fsp3) is 0.111. The number of carbonyl (C=O) groups excluding carboxylic acids is 1. The van der Waals surface area contributed by atoms with Gasteiger partial charge >= 0.3 is 6.03 Å². The molecule has 2 aromatic carbocycles. The number of carbonyl (C=O) groups is 1. The van der Waals surface area contributed by atoms with E-state index < -0.39 is 6.03 Å². The molecular weight excluding hydrogens is 322 g/mol. The molecule has 3 aromatic rings. The van der Waals surface area contributed by atoms with E-state index in [1.807, 2.05) is 6.07 Å². The molecule has 3 rings (SSSR count). The van der Waals surface area contributed by atoms with Crippen molar-refractivity contribution in [1.82, 2.24) is 4.98 Å². The van der Waals surface area contributed by atoms with E-state index in [9.17, 15) is 4.79 Å². The molecule has 7 heteroatoms. The Morgan fingerprint density at radius 1 is 1.00 bits per heavy atom. The van der Waals surface area contributed by atoms with Gasteiger partial charge in [0.15, 0.2) is 11.5 Å². The van der Waals surface area contributed by atoms with Crippen molar-refractivity contribution in [2.75, 3.05) is 19.5 Å². The molecule has 0 bridgehead atoms. The van der Waals surface area contributed by atoms with E-state index in [4.69, 9.17) is 19.9 Å². The summed E-state index contributed by atoms with van der Waals surface area (Å²) in [6, 6.07) is 11.6. The first-order chi connectivity index (χ1) is 12.1. The lowest BCUT2D eigenvalue weighted by Gasteiger charge is -2.12. The third-order valence-corrected chi connectivity index (χ3v) is 3.56. The Balaban J connectivity index is 1.94. The van der Waals surface area contributed by atoms with Gasteiger partial charge in [0.25, 0.3) is 0 Å². The molecule has 1 aromatic heterocycles. The molecule has 0 unspecified atom stereocenters. The number of ether oxygens (including phenoxy) is 3. The van der Waals surface area contributed by atoms with Gasteiger partial charge in [-0.15, -0.1) is 0 Å². The number of anilines is 1. The Kier molecular flexibility index (Phi) is 4.56. The number of methoxy groups -OCH3 is 2.